The lowest BCUT2D eigenvalue weighted by atomic mass is 10.0. The molecular formula is C21H22FN3O3. The van der Waals surface area contributed by atoms with Crippen LogP contribution >= 0.6 is 0 Å². The molecule has 7 heteroatoms. The van der Waals surface area contributed by atoms with Crippen LogP contribution in [0.25, 0.3) is 0 Å². The Morgan fingerprint density at radius 1 is 1.18 bits per heavy atom. The summed E-state index contributed by atoms with van der Waals surface area (Å²) in [6, 6.07) is 8.45. The maximum Gasteiger partial charge on any atom is 0.251 e. The minimum Gasteiger partial charge on any atom is -0.387 e. The van der Waals surface area contributed by atoms with Crippen LogP contribution in [0.4, 0.5) is 10.1 Å². The molecule has 28 heavy (non-hydrogen) atoms. The summed E-state index contributed by atoms with van der Waals surface area (Å²) in [5.41, 5.74) is 2.07. The van der Waals surface area contributed by atoms with Gasteiger partial charge in [-0.25, -0.2) is 4.39 Å². The Morgan fingerprint density at radius 3 is 2.57 bits per heavy atom. The van der Waals surface area contributed by atoms with E-state index in [0.29, 0.717) is 35.6 Å². The second-order valence-corrected chi connectivity index (χ2v) is 7.41. The molecule has 0 radical (unpaired) electrons. The van der Waals surface area contributed by atoms with Crippen LogP contribution in [0.1, 0.15) is 60.1 Å². The lowest BCUT2D eigenvalue weighted by Crippen LogP contribution is -2.38. The summed E-state index contributed by atoms with van der Waals surface area (Å²) in [6.07, 6.45) is 1.55. The van der Waals surface area contributed by atoms with Crippen molar-refractivity contribution in [1.29, 1.82) is 0 Å². The Morgan fingerprint density at radius 2 is 1.89 bits per heavy atom. The largest absolute Gasteiger partial charge is 0.387 e. The smallest absolute Gasteiger partial charge is 0.251 e. The number of nitrogens with one attached hydrogen (secondary N) is 1. The second-order valence-electron chi connectivity index (χ2n) is 7.41. The number of rotatable bonds is 4. The van der Waals surface area contributed by atoms with Gasteiger partial charge in [-0.15, -0.1) is 0 Å². The average molecular weight is 383 g/mol. The summed E-state index contributed by atoms with van der Waals surface area (Å²) in [6.45, 7) is 2.28. The summed E-state index contributed by atoms with van der Waals surface area (Å²) >= 11 is 0. The first kappa shape index (κ1) is 18.6. The highest BCUT2D eigenvalue weighted by molar-refractivity contribution is 5.97. The van der Waals surface area contributed by atoms with Crippen molar-refractivity contribution in [3.8, 4) is 0 Å². The highest BCUT2D eigenvalue weighted by Gasteiger charge is 2.37. The Bertz CT molecular complexity index is 912. The highest BCUT2D eigenvalue weighted by atomic mass is 19.1. The molecule has 2 heterocycles. The van der Waals surface area contributed by atoms with E-state index in [-0.39, 0.29) is 17.7 Å². The molecule has 0 spiro atoms. The normalized spacial score (nSPS) is 19.7. The van der Waals surface area contributed by atoms with Gasteiger partial charge in [0, 0.05) is 18.0 Å². The molecular weight excluding hydrogens is 361 g/mol. The van der Waals surface area contributed by atoms with Gasteiger partial charge in [0.2, 0.25) is 5.91 Å². The van der Waals surface area contributed by atoms with Crippen LogP contribution in [-0.2, 0) is 4.79 Å². The Balaban J connectivity index is 1.53. The zero-order chi connectivity index (χ0) is 19.8. The molecule has 2 aliphatic rings. The van der Waals surface area contributed by atoms with Gasteiger partial charge >= 0.3 is 0 Å². The fraction of sp³-hybridized carbons (Fsp3) is 0.381. The number of fused-ring (bicyclic) bond motifs is 1. The molecule has 2 amide bonds. The lowest BCUT2D eigenvalue weighted by Gasteiger charge is -2.32. The van der Waals surface area contributed by atoms with Crippen molar-refractivity contribution in [2.45, 2.75) is 38.3 Å². The number of nitrogens with zero attached hydrogens (tertiary/aromatic N) is 2. The van der Waals surface area contributed by atoms with Gasteiger partial charge < -0.3 is 15.3 Å². The Kier molecular flexibility index (Phi) is 4.85. The number of halogens is 1. The number of amides is 2. The van der Waals surface area contributed by atoms with Crippen LogP contribution in [0, 0.1) is 11.7 Å². The monoisotopic (exact) mass is 383 g/mol. The van der Waals surface area contributed by atoms with Crippen molar-refractivity contribution in [2.75, 3.05) is 11.4 Å². The number of hydrogen-bond acceptors (Lipinski definition) is 4. The first-order valence-corrected chi connectivity index (χ1v) is 9.50. The van der Waals surface area contributed by atoms with E-state index in [1.807, 2.05) is 0 Å². The molecule has 6 nitrogen and oxygen atoms in total. The van der Waals surface area contributed by atoms with Crippen molar-refractivity contribution in [1.82, 2.24) is 10.3 Å². The van der Waals surface area contributed by atoms with Crippen LogP contribution in [0.15, 0.2) is 36.4 Å². The zero-order valence-electron chi connectivity index (χ0n) is 15.6. The van der Waals surface area contributed by atoms with Gasteiger partial charge in [-0.05, 0) is 62.6 Å². The van der Waals surface area contributed by atoms with E-state index in [0.717, 1.165) is 12.8 Å². The third kappa shape index (κ3) is 3.62. The fourth-order valence-electron chi connectivity index (χ4n) is 3.44. The average Bonchev–Trinajstić information content (AvgIpc) is 3.53. The van der Waals surface area contributed by atoms with Crippen molar-refractivity contribution in [2.24, 2.45) is 5.92 Å². The number of hydrogen-bond donors (Lipinski definition) is 2. The van der Waals surface area contributed by atoms with E-state index in [1.54, 1.807) is 24.0 Å². The van der Waals surface area contributed by atoms with Gasteiger partial charge in [-0.1, -0.05) is 0 Å². The Labute approximate surface area is 162 Å². The molecule has 146 valence electrons. The topological polar surface area (TPSA) is 82.5 Å². The standard InChI is InChI=1S/C21H22FN3O3/c1-12(23-20(27)13-4-6-15(22)7-5-13)16-8-9-17-19(24-16)18(26)10-11-25(17)21(28)14-2-3-14/h4-9,12,14,18,26H,2-3,10-11H2,1H3,(H,23,27). The predicted molar refractivity (Wildman–Crippen MR) is 101 cm³/mol. The van der Waals surface area contributed by atoms with Crippen molar-refractivity contribution < 1.29 is 19.1 Å². The molecule has 0 bridgehead atoms. The number of carbonyl (C=O) groups excluding carboxylic acids is 2. The maximum absolute atomic E-state index is 13.0. The molecule has 1 aromatic heterocycles. The van der Waals surface area contributed by atoms with Gasteiger partial charge in [0.1, 0.15) is 5.82 Å². The summed E-state index contributed by atoms with van der Waals surface area (Å²) in [5.74, 6) is -0.546. The van der Waals surface area contributed by atoms with Gasteiger partial charge in [0.25, 0.3) is 5.91 Å². The fourth-order valence-corrected chi connectivity index (χ4v) is 3.44. The first-order valence-electron chi connectivity index (χ1n) is 9.50. The van der Waals surface area contributed by atoms with Crippen LogP contribution < -0.4 is 10.2 Å². The van der Waals surface area contributed by atoms with Crippen LogP contribution in [0.2, 0.25) is 0 Å². The van der Waals surface area contributed by atoms with E-state index in [2.05, 4.69) is 10.3 Å². The van der Waals surface area contributed by atoms with Crippen LogP contribution in [-0.4, -0.2) is 28.4 Å². The molecule has 4 rings (SSSR count). The van der Waals surface area contributed by atoms with E-state index < -0.39 is 18.0 Å². The number of aliphatic hydroxyl groups excluding tert-OH is 1. The van der Waals surface area contributed by atoms with Crippen molar-refractivity contribution in [3.05, 3.63) is 59.2 Å². The first-order chi connectivity index (χ1) is 13.4. The van der Waals surface area contributed by atoms with E-state index >= 15 is 0 Å². The molecule has 2 atom stereocenters. The maximum atomic E-state index is 13.0. The van der Waals surface area contributed by atoms with Crippen molar-refractivity contribution in [3.63, 3.8) is 0 Å². The third-order valence-electron chi connectivity index (χ3n) is 5.25. The molecule has 1 fully saturated rings. The number of aromatic nitrogens is 1. The van der Waals surface area contributed by atoms with E-state index in [1.165, 1.54) is 24.3 Å². The van der Waals surface area contributed by atoms with Crippen LogP contribution in [0.3, 0.4) is 0 Å². The van der Waals surface area contributed by atoms with E-state index in [9.17, 15) is 19.1 Å². The van der Waals surface area contributed by atoms with Crippen molar-refractivity contribution >= 4 is 17.5 Å². The Hall–Kier alpha value is -2.80. The molecule has 0 saturated heterocycles. The summed E-state index contributed by atoms with van der Waals surface area (Å²) < 4.78 is 13.0. The number of anilines is 1. The number of pyridine rings is 1. The van der Waals surface area contributed by atoms with E-state index in [4.69, 9.17) is 0 Å². The second kappa shape index (κ2) is 7.31. The molecule has 2 unspecified atom stereocenters. The highest BCUT2D eigenvalue weighted by Crippen LogP contribution is 2.38. The van der Waals surface area contributed by atoms with Gasteiger partial charge in [0.15, 0.2) is 0 Å². The quantitative estimate of drug-likeness (QED) is 0.851. The number of benzene rings is 1. The summed E-state index contributed by atoms with van der Waals surface area (Å²) in [5, 5.41) is 13.2. The summed E-state index contributed by atoms with van der Waals surface area (Å²) in [4.78, 5) is 31.1. The molecule has 1 saturated carbocycles. The third-order valence-corrected chi connectivity index (χ3v) is 5.25. The molecule has 1 aliphatic heterocycles. The summed E-state index contributed by atoms with van der Waals surface area (Å²) in [7, 11) is 0. The van der Waals surface area contributed by atoms with Gasteiger partial charge in [0.05, 0.1) is 29.2 Å². The van der Waals surface area contributed by atoms with Gasteiger partial charge in [-0.3, -0.25) is 14.6 Å². The lowest BCUT2D eigenvalue weighted by molar-refractivity contribution is -0.120. The minimum absolute atomic E-state index is 0.0942. The zero-order valence-corrected chi connectivity index (χ0v) is 15.6. The van der Waals surface area contributed by atoms with Crippen LogP contribution in [0.5, 0.6) is 0 Å². The molecule has 2 aromatic rings. The minimum atomic E-state index is -0.738. The number of aliphatic hydroxyl groups is 1. The van der Waals surface area contributed by atoms with Gasteiger partial charge in [-0.2, -0.15) is 0 Å². The molecule has 2 N–H and O–H groups in total. The number of carbonyl (C=O) groups is 2. The molecule has 1 aliphatic carbocycles. The SMILES string of the molecule is CC(NC(=O)c1ccc(F)cc1)c1ccc2c(n1)C(O)CCN2C(=O)C1CC1. The predicted octanol–water partition coefficient (Wildman–Crippen LogP) is 2.89. The molecule has 1 aromatic carbocycles.